The van der Waals surface area contributed by atoms with E-state index in [4.69, 9.17) is 4.52 Å². The lowest BCUT2D eigenvalue weighted by Crippen LogP contribution is -2.22. The van der Waals surface area contributed by atoms with Gasteiger partial charge >= 0.3 is 12.2 Å². The minimum atomic E-state index is -4.58. The van der Waals surface area contributed by atoms with Crippen molar-refractivity contribution in [3.63, 3.8) is 0 Å². The van der Waals surface area contributed by atoms with Crippen LogP contribution in [0.2, 0.25) is 0 Å². The van der Waals surface area contributed by atoms with Crippen molar-refractivity contribution < 1.29 is 22.5 Å². The zero-order valence-corrected chi connectivity index (χ0v) is 16.6. The van der Waals surface area contributed by atoms with Gasteiger partial charge in [0.2, 0.25) is 11.7 Å². The Kier molecular flexibility index (Phi) is 5.72. The van der Waals surface area contributed by atoms with Gasteiger partial charge in [-0.15, -0.1) is 11.3 Å². The number of nitrogens with zero attached hydrogens (tertiary/aromatic N) is 2. The number of aromatic nitrogens is 2. The van der Waals surface area contributed by atoms with Crippen LogP contribution in [0.4, 0.5) is 29.3 Å². The molecule has 0 unspecified atom stereocenters. The number of urea groups is 1. The number of nitrogens with one attached hydrogen (secondary N) is 2. The van der Waals surface area contributed by atoms with Gasteiger partial charge in [0.1, 0.15) is 0 Å². The number of carbonyl (C=O) groups excluding carboxylic acids is 1. The fraction of sp³-hybridized carbons (Fsp3) is 0.0952. The molecule has 0 bridgehead atoms. The lowest BCUT2D eigenvalue weighted by atomic mass is 10.1. The molecule has 2 amide bonds. The Labute approximate surface area is 178 Å². The van der Waals surface area contributed by atoms with Crippen LogP contribution in [0.3, 0.4) is 0 Å². The number of benzene rings is 2. The Bertz CT molecular complexity index is 1190. The summed E-state index contributed by atoms with van der Waals surface area (Å²) in [5.74, 6) is 0.817. The molecule has 6 nitrogen and oxygen atoms in total. The van der Waals surface area contributed by atoms with Crippen molar-refractivity contribution in [3.05, 3.63) is 83.1 Å². The molecule has 0 aliphatic rings. The van der Waals surface area contributed by atoms with E-state index in [0.29, 0.717) is 23.0 Å². The summed E-state index contributed by atoms with van der Waals surface area (Å²) in [5, 5.41) is 10.7. The zero-order chi connectivity index (χ0) is 21.8. The van der Waals surface area contributed by atoms with Crippen LogP contribution in [-0.2, 0) is 12.6 Å². The molecule has 0 atom stereocenters. The predicted octanol–water partition coefficient (Wildman–Crippen LogP) is 6.05. The molecule has 10 heteroatoms. The highest BCUT2D eigenvalue weighted by Gasteiger charge is 2.33. The summed E-state index contributed by atoms with van der Waals surface area (Å²) < 4.78 is 44.7. The first kappa shape index (κ1) is 20.6. The summed E-state index contributed by atoms with van der Waals surface area (Å²) in [6, 6.07) is 14.6. The van der Waals surface area contributed by atoms with Gasteiger partial charge in [0, 0.05) is 5.69 Å². The van der Waals surface area contributed by atoms with Gasteiger partial charge in [-0.2, -0.15) is 18.2 Å². The highest BCUT2D eigenvalue weighted by atomic mass is 32.1. The van der Waals surface area contributed by atoms with Crippen LogP contribution in [0, 0.1) is 0 Å². The number of hydrogen-bond donors (Lipinski definition) is 2. The third-order valence-corrected chi connectivity index (χ3v) is 5.16. The summed E-state index contributed by atoms with van der Waals surface area (Å²) in [6.45, 7) is 0. The van der Waals surface area contributed by atoms with E-state index < -0.39 is 17.8 Å². The van der Waals surface area contributed by atoms with Crippen molar-refractivity contribution in [3.8, 4) is 10.7 Å². The van der Waals surface area contributed by atoms with Gasteiger partial charge in [-0.1, -0.05) is 41.6 Å². The van der Waals surface area contributed by atoms with E-state index in [0.717, 1.165) is 10.9 Å². The monoisotopic (exact) mass is 444 g/mol. The third-order valence-electron chi connectivity index (χ3n) is 4.30. The Morgan fingerprint density at radius 1 is 0.968 bits per heavy atom. The molecule has 0 aliphatic heterocycles. The SMILES string of the molecule is O=C(Nc1ccccc1Cc1nc(-c2cccs2)no1)Nc1ccccc1C(F)(F)F. The average Bonchev–Trinajstić information content (AvgIpc) is 3.41. The Balaban J connectivity index is 1.49. The van der Waals surface area contributed by atoms with E-state index in [1.165, 1.54) is 29.5 Å². The van der Waals surface area contributed by atoms with Crippen LogP contribution >= 0.6 is 11.3 Å². The highest BCUT2D eigenvalue weighted by molar-refractivity contribution is 7.13. The number of thiophene rings is 1. The van der Waals surface area contributed by atoms with E-state index in [1.807, 2.05) is 17.5 Å². The average molecular weight is 444 g/mol. The van der Waals surface area contributed by atoms with Crippen molar-refractivity contribution in [2.75, 3.05) is 10.6 Å². The van der Waals surface area contributed by atoms with Crippen LogP contribution in [0.25, 0.3) is 10.7 Å². The molecule has 2 N–H and O–H groups in total. The van der Waals surface area contributed by atoms with Gasteiger partial charge in [0.25, 0.3) is 0 Å². The topological polar surface area (TPSA) is 80.1 Å². The van der Waals surface area contributed by atoms with Crippen LogP contribution in [-0.4, -0.2) is 16.2 Å². The Morgan fingerprint density at radius 3 is 2.42 bits per heavy atom. The number of anilines is 2. The van der Waals surface area contributed by atoms with Gasteiger partial charge < -0.3 is 15.2 Å². The van der Waals surface area contributed by atoms with Gasteiger partial charge in [0.05, 0.1) is 22.5 Å². The molecule has 0 saturated heterocycles. The second-order valence-corrected chi connectivity index (χ2v) is 7.39. The minimum Gasteiger partial charge on any atom is -0.339 e. The fourth-order valence-corrected chi connectivity index (χ4v) is 3.56. The maximum absolute atomic E-state index is 13.1. The van der Waals surface area contributed by atoms with Crippen molar-refractivity contribution in [1.29, 1.82) is 0 Å². The number of para-hydroxylation sites is 2. The smallest absolute Gasteiger partial charge is 0.339 e. The molecule has 4 rings (SSSR count). The Hall–Kier alpha value is -3.66. The standard InChI is InChI=1S/C21H15F3N4O2S/c22-21(23,24)14-7-2-4-9-16(14)26-20(29)25-15-8-3-1-6-13(15)12-18-27-19(28-30-18)17-10-5-11-31-17/h1-11H,12H2,(H2,25,26,29). The molecule has 2 heterocycles. The number of rotatable bonds is 5. The highest BCUT2D eigenvalue weighted by Crippen LogP contribution is 2.34. The molecule has 0 fully saturated rings. The number of amides is 2. The quantitative estimate of drug-likeness (QED) is 0.393. The summed E-state index contributed by atoms with van der Waals surface area (Å²) in [7, 11) is 0. The molecule has 0 aliphatic carbocycles. The van der Waals surface area contributed by atoms with Crippen molar-refractivity contribution in [2.45, 2.75) is 12.6 Å². The van der Waals surface area contributed by atoms with Crippen molar-refractivity contribution in [1.82, 2.24) is 10.1 Å². The van der Waals surface area contributed by atoms with Gasteiger partial charge in [-0.05, 0) is 35.2 Å². The van der Waals surface area contributed by atoms with E-state index in [2.05, 4.69) is 20.8 Å². The summed E-state index contributed by atoms with van der Waals surface area (Å²) in [5.41, 5.74) is -0.170. The summed E-state index contributed by atoms with van der Waals surface area (Å²) in [4.78, 5) is 17.6. The molecule has 31 heavy (non-hydrogen) atoms. The maximum Gasteiger partial charge on any atom is 0.418 e. The van der Waals surface area contributed by atoms with Crippen molar-refractivity contribution >= 4 is 28.7 Å². The first-order valence-corrected chi connectivity index (χ1v) is 9.97. The molecule has 0 radical (unpaired) electrons. The summed E-state index contributed by atoms with van der Waals surface area (Å²) >= 11 is 1.48. The molecular weight excluding hydrogens is 429 g/mol. The van der Waals surface area contributed by atoms with Crippen molar-refractivity contribution in [2.24, 2.45) is 0 Å². The van der Waals surface area contributed by atoms with Gasteiger partial charge in [0.15, 0.2) is 0 Å². The van der Waals surface area contributed by atoms with E-state index in [9.17, 15) is 18.0 Å². The second-order valence-electron chi connectivity index (χ2n) is 6.45. The Morgan fingerprint density at radius 2 is 1.68 bits per heavy atom. The molecule has 0 spiro atoms. The largest absolute Gasteiger partial charge is 0.418 e. The van der Waals surface area contributed by atoms with E-state index in [-0.39, 0.29) is 12.1 Å². The third kappa shape index (κ3) is 4.92. The van der Waals surface area contributed by atoms with Crippen LogP contribution in [0.1, 0.15) is 17.0 Å². The molecule has 4 aromatic rings. The first-order valence-electron chi connectivity index (χ1n) is 9.09. The lowest BCUT2D eigenvalue weighted by Gasteiger charge is -2.15. The van der Waals surface area contributed by atoms with E-state index >= 15 is 0 Å². The van der Waals surface area contributed by atoms with Gasteiger partial charge in [-0.25, -0.2) is 4.79 Å². The molecule has 0 saturated carbocycles. The number of halogens is 3. The minimum absolute atomic E-state index is 0.244. The van der Waals surface area contributed by atoms with Crippen LogP contribution < -0.4 is 10.6 Å². The zero-order valence-electron chi connectivity index (χ0n) is 15.8. The number of alkyl halides is 3. The van der Waals surface area contributed by atoms with Crippen LogP contribution in [0.15, 0.2) is 70.6 Å². The molecular formula is C21H15F3N4O2S. The van der Waals surface area contributed by atoms with Crippen LogP contribution in [0.5, 0.6) is 0 Å². The molecule has 2 aromatic carbocycles. The number of carbonyl (C=O) groups is 1. The molecule has 2 aromatic heterocycles. The fourth-order valence-electron chi connectivity index (χ4n) is 2.91. The molecule has 158 valence electrons. The second kappa shape index (κ2) is 8.60. The van der Waals surface area contributed by atoms with Gasteiger partial charge in [-0.3, -0.25) is 0 Å². The normalized spacial score (nSPS) is 11.3. The maximum atomic E-state index is 13.1. The lowest BCUT2D eigenvalue weighted by molar-refractivity contribution is -0.136. The number of hydrogen-bond acceptors (Lipinski definition) is 5. The van der Waals surface area contributed by atoms with E-state index in [1.54, 1.807) is 24.3 Å². The first-order chi connectivity index (χ1) is 14.9. The predicted molar refractivity (Wildman–Crippen MR) is 111 cm³/mol. The summed E-state index contributed by atoms with van der Waals surface area (Å²) in [6.07, 6.45) is -4.34.